The molecule has 68 valence electrons. The number of nitrogens with two attached hydrogens (primary N) is 1. The predicted octanol–water partition coefficient (Wildman–Crippen LogP) is -1.08. The summed E-state index contributed by atoms with van der Waals surface area (Å²) in [4.78, 5) is 21.8. The number of hydrogen-bond donors (Lipinski definition) is 3. The van der Waals surface area contributed by atoms with Crippen molar-refractivity contribution in [2.45, 2.75) is 25.4 Å². The van der Waals surface area contributed by atoms with Gasteiger partial charge in [-0.1, -0.05) is 6.92 Å². The largest absolute Gasteiger partial charge is 0.480 e. The zero-order valence-corrected chi connectivity index (χ0v) is 7.00. The van der Waals surface area contributed by atoms with E-state index in [-0.39, 0.29) is 5.92 Å². The van der Waals surface area contributed by atoms with Crippen LogP contribution in [0, 0.1) is 5.92 Å². The molecule has 0 aromatic rings. The molecule has 0 aliphatic carbocycles. The minimum atomic E-state index is -1.21. The summed E-state index contributed by atoms with van der Waals surface area (Å²) in [5.74, 6) is -1.83. The van der Waals surface area contributed by atoms with Gasteiger partial charge in [-0.25, -0.2) is 4.79 Å². The first-order valence-corrected chi connectivity index (χ1v) is 3.70. The maximum Gasteiger partial charge on any atom is 0.329 e. The van der Waals surface area contributed by atoms with E-state index in [9.17, 15) is 9.59 Å². The van der Waals surface area contributed by atoms with Crippen molar-refractivity contribution in [1.29, 1.82) is 0 Å². The summed E-state index contributed by atoms with van der Waals surface area (Å²) in [6, 6.07) is -0.717. The van der Waals surface area contributed by atoms with Crippen LogP contribution in [0.25, 0.3) is 0 Å². The van der Waals surface area contributed by atoms with Crippen LogP contribution < -0.4 is 11.1 Å². The normalized spacial score (nSPS) is 41.1. The fourth-order valence-electron chi connectivity index (χ4n) is 1.29. The molecule has 0 saturated carbocycles. The van der Waals surface area contributed by atoms with Crippen molar-refractivity contribution in [3.8, 4) is 0 Å². The van der Waals surface area contributed by atoms with Gasteiger partial charge in [0.2, 0.25) is 5.91 Å². The summed E-state index contributed by atoms with van der Waals surface area (Å²) in [7, 11) is 0. The Labute approximate surface area is 69.9 Å². The number of hydrogen-bond acceptors (Lipinski definition) is 3. The van der Waals surface area contributed by atoms with E-state index >= 15 is 0 Å². The molecule has 12 heavy (non-hydrogen) atoms. The van der Waals surface area contributed by atoms with E-state index in [4.69, 9.17) is 10.8 Å². The zero-order valence-electron chi connectivity index (χ0n) is 7.00. The topological polar surface area (TPSA) is 92.4 Å². The minimum Gasteiger partial charge on any atom is -0.480 e. The molecule has 5 nitrogen and oxygen atoms in total. The molecule has 1 rings (SSSR count). The lowest BCUT2D eigenvalue weighted by molar-refractivity contribution is -0.145. The van der Waals surface area contributed by atoms with Crippen LogP contribution in [0.15, 0.2) is 0 Å². The molecule has 3 atom stereocenters. The Morgan fingerprint density at radius 1 is 1.75 bits per heavy atom. The molecule has 1 heterocycles. The second-order valence-corrected chi connectivity index (χ2v) is 3.31. The molecule has 0 aromatic carbocycles. The van der Waals surface area contributed by atoms with Gasteiger partial charge in [-0.05, 0) is 6.92 Å². The quantitative estimate of drug-likeness (QED) is 0.469. The van der Waals surface area contributed by atoms with Crippen LogP contribution in [-0.4, -0.2) is 28.6 Å². The maximum atomic E-state index is 11.0. The number of amides is 1. The Balaban J connectivity index is 2.97. The highest BCUT2D eigenvalue weighted by atomic mass is 16.4. The van der Waals surface area contributed by atoms with E-state index in [2.05, 4.69) is 5.32 Å². The smallest absolute Gasteiger partial charge is 0.329 e. The Morgan fingerprint density at radius 3 is 2.42 bits per heavy atom. The van der Waals surface area contributed by atoms with E-state index in [0.29, 0.717) is 0 Å². The van der Waals surface area contributed by atoms with Crippen LogP contribution in [0.1, 0.15) is 13.8 Å². The third-order valence-corrected chi connectivity index (χ3v) is 2.58. The van der Waals surface area contributed by atoms with E-state index in [1.54, 1.807) is 6.92 Å². The van der Waals surface area contributed by atoms with Gasteiger partial charge in [0.1, 0.15) is 5.54 Å². The number of rotatable bonds is 1. The first kappa shape index (κ1) is 8.99. The first-order chi connectivity index (χ1) is 5.39. The SMILES string of the molecule is C[C@@H]1[C@H](N)C(=O)NC1(C)C(=O)O. The van der Waals surface area contributed by atoms with Gasteiger partial charge in [0, 0.05) is 5.92 Å². The molecular formula is C7H12N2O3. The number of nitrogens with one attached hydrogen (secondary N) is 1. The molecule has 0 spiro atoms. The monoisotopic (exact) mass is 172 g/mol. The van der Waals surface area contributed by atoms with Crippen molar-refractivity contribution in [1.82, 2.24) is 5.32 Å². The van der Waals surface area contributed by atoms with E-state index in [1.165, 1.54) is 6.92 Å². The minimum absolute atomic E-state index is 0.387. The molecule has 1 fully saturated rings. The third-order valence-electron chi connectivity index (χ3n) is 2.58. The fraction of sp³-hybridized carbons (Fsp3) is 0.714. The van der Waals surface area contributed by atoms with Gasteiger partial charge >= 0.3 is 5.97 Å². The second-order valence-electron chi connectivity index (χ2n) is 3.31. The van der Waals surface area contributed by atoms with Crippen LogP contribution in [0.5, 0.6) is 0 Å². The zero-order chi connectivity index (χ0) is 9.52. The number of aliphatic carboxylic acids is 1. The fourth-order valence-corrected chi connectivity index (χ4v) is 1.29. The number of carboxylic acids is 1. The predicted molar refractivity (Wildman–Crippen MR) is 41.3 cm³/mol. The molecule has 5 heteroatoms. The molecule has 0 aromatic heterocycles. The summed E-state index contributed by atoms with van der Waals surface area (Å²) in [5, 5.41) is 11.2. The highest BCUT2D eigenvalue weighted by Gasteiger charge is 2.51. The standard InChI is InChI=1S/C7H12N2O3/c1-3-4(8)5(10)9-7(3,2)6(11)12/h3-4H,8H2,1-2H3,(H,9,10)(H,11,12)/t3-,4+,7?/m1/s1. The van der Waals surface area contributed by atoms with Crippen LogP contribution in [-0.2, 0) is 9.59 Å². The lowest BCUT2D eigenvalue weighted by Gasteiger charge is -2.23. The molecule has 4 N–H and O–H groups in total. The Hall–Kier alpha value is -1.10. The van der Waals surface area contributed by atoms with Gasteiger partial charge in [-0.3, -0.25) is 4.79 Å². The molecule has 0 bridgehead atoms. The Kier molecular flexibility index (Phi) is 1.83. The van der Waals surface area contributed by atoms with Gasteiger partial charge < -0.3 is 16.2 Å². The van der Waals surface area contributed by atoms with Crippen LogP contribution in [0.3, 0.4) is 0 Å². The maximum absolute atomic E-state index is 11.0. The Morgan fingerprint density at radius 2 is 2.25 bits per heavy atom. The number of carbonyl (C=O) groups is 2. The molecule has 1 aliphatic rings. The Bertz CT molecular complexity index is 239. The van der Waals surface area contributed by atoms with Crippen molar-refractivity contribution in [3.05, 3.63) is 0 Å². The van der Waals surface area contributed by atoms with Gasteiger partial charge in [0.05, 0.1) is 6.04 Å². The lowest BCUT2D eigenvalue weighted by atomic mass is 9.87. The number of carbonyl (C=O) groups excluding carboxylic acids is 1. The number of carboxylic acid groups (broad SMARTS) is 1. The van der Waals surface area contributed by atoms with Crippen LogP contribution in [0.4, 0.5) is 0 Å². The summed E-state index contributed by atoms with van der Waals surface area (Å²) in [5.41, 5.74) is 4.25. The van der Waals surface area contributed by atoms with Gasteiger partial charge in [0.25, 0.3) is 0 Å². The van der Waals surface area contributed by atoms with Crippen molar-refractivity contribution in [2.24, 2.45) is 11.7 Å². The van der Waals surface area contributed by atoms with Gasteiger partial charge in [-0.15, -0.1) is 0 Å². The van der Waals surface area contributed by atoms with E-state index in [1.807, 2.05) is 0 Å². The van der Waals surface area contributed by atoms with Crippen LogP contribution >= 0.6 is 0 Å². The lowest BCUT2D eigenvalue weighted by Crippen LogP contribution is -2.49. The van der Waals surface area contributed by atoms with Crippen molar-refractivity contribution >= 4 is 11.9 Å². The van der Waals surface area contributed by atoms with Crippen molar-refractivity contribution < 1.29 is 14.7 Å². The summed E-state index contributed by atoms with van der Waals surface area (Å²) < 4.78 is 0. The molecule has 1 saturated heterocycles. The van der Waals surface area contributed by atoms with Gasteiger partial charge in [0.15, 0.2) is 0 Å². The third kappa shape index (κ3) is 0.972. The average Bonchev–Trinajstić information content (AvgIpc) is 2.17. The molecular weight excluding hydrogens is 160 g/mol. The van der Waals surface area contributed by atoms with Crippen molar-refractivity contribution in [2.75, 3.05) is 0 Å². The molecule has 1 aliphatic heterocycles. The van der Waals surface area contributed by atoms with E-state index in [0.717, 1.165) is 0 Å². The second kappa shape index (κ2) is 2.45. The molecule has 1 amide bonds. The average molecular weight is 172 g/mol. The summed E-state index contributed by atoms with van der Waals surface area (Å²) in [6.07, 6.45) is 0. The molecule has 0 radical (unpaired) electrons. The molecule has 1 unspecified atom stereocenters. The van der Waals surface area contributed by atoms with Gasteiger partial charge in [-0.2, -0.15) is 0 Å². The highest BCUT2D eigenvalue weighted by molar-refractivity contribution is 5.94. The first-order valence-electron chi connectivity index (χ1n) is 3.70. The van der Waals surface area contributed by atoms with Crippen molar-refractivity contribution in [3.63, 3.8) is 0 Å². The summed E-state index contributed by atoms with van der Waals surface area (Å²) in [6.45, 7) is 3.11. The highest BCUT2D eigenvalue weighted by Crippen LogP contribution is 2.25. The van der Waals surface area contributed by atoms with E-state index < -0.39 is 23.5 Å². The summed E-state index contributed by atoms with van der Waals surface area (Å²) >= 11 is 0. The van der Waals surface area contributed by atoms with Crippen LogP contribution in [0.2, 0.25) is 0 Å².